The zero-order valence-corrected chi connectivity index (χ0v) is 16.3. The number of piperidine rings is 1. The maximum atomic E-state index is 11.7. The number of carbonyl (C=O) groups excluding carboxylic acids is 1. The average molecular weight is 368 g/mol. The molecule has 1 saturated carbocycles. The molecular weight excluding hydrogens is 340 g/mol. The fraction of sp³-hybridized carbons (Fsp3) is 0.500. The lowest BCUT2D eigenvalue weighted by atomic mass is 9.89. The van der Waals surface area contributed by atoms with Gasteiger partial charge in [0.25, 0.3) is 0 Å². The van der Waals surface area contributed by atoms with Gasteiger partial charge in [-0.05, 0) is 49.4 Å². The van der Waals surface area contributed by atoms with Crippen molar-refractivity contribution in [2.75, 3.05) is 27.8 Å². The number of amides is 1. The molecule has 0 radical (unpaired) electrons. The summed E-state index contributed by atoms with van der Waals surface area (Å²) < 4.78 is 11.2. The topological polar surface area (TPSA) is 50.8 Å². The van der Waals surface area contributed by atoms with Crippen LogP contribution in [0.15, 0.2) is 30.3 Å². The van der Waals surface area contributed by atoms with E-state index in [0.29, 0.717) is 24.3 Å². The first kappa shape index (κ1) is 18.1. The van der Waals surface area contributed by atoms with Crippen LogP contribution < -0.4 is 14.8 Å². The van der Waals surface area contributed by atoms with E-state index in [1.54, 1.807) is 14.2 Å². The molecule has 0 bridgehead atoms. The summed E-state index contributed by atoms with van der Waals surface area (Å²) in [5, 5.41) is 5.23. The van der Waals surface area contributed by atoms with Crippen LogP contribution in [-0.4, -0.2) is 44.7 Å². The van der Waals surface area contributed by atoms with E-state index >= 15 is 0 Å². The van der Waals surface area contributed by atoms with E-state index in [1.807, 2.05) is 18.2 Å². The maximum Gasteiger partial charge on any atom is 0.220 e. The van der Waals surface area contributed by atoms with E-state index in [2.05, 4.69) is 29.4 Å². The number of fused-ring (bicyclic) bond motifs is 2. The molecule has 5 nitrogen and oxygen atoms in total. The van der Waals surface area contributed by atoms with Gasteiger partial charge in [-0.15, -0.1) is 0 Å². The summed E-state index contributed by atoms with van der Waals surface area (Å²) in [6, 6.07) is 10.8. The maximum absolute atomic E-state index is 11.7. The lowest BCUT2D eigenvalue weighted by Gasteiger charge is -2.26. The van der Waals surface area contributed by atoms with Gasteiger partial charge in [-0.2, -0.15) is 0 Å². The Hall–Kier alpha value is -2.27. The van der Waals surface area contributed by atoms with Crippen molar-refractivity contribution < 1.29 is 14.3 Å². The highest BCUT2D eigenvalue weighted by Gasteiger charge is 2.39. The number of hydrogen-bond acceptors (Lipinski definition) is 4. The van der Waals surface area contributed by atoms with E-state index in [4.69, 9.17) is 9.47 Å². The van der Waals surface area contributed by atoms with E-state index in [1.165, 1.54) is 5.56 Å². The smallest absolute Gasteiger partial charge is 0.220 e. The summed E-state index contributed by atoms with van der Waals surface area (Å²) in [6.07, 6.45) is 2.96. The van der Waals surface area contributed by atoms with E-state index in [0.717, 1.165) is 48.2 Å². The quantitative estimate of drug-likeness (QED) is 0.881. The molecular formula is C22H28N2O3. The van der Waals surface area contributed by atoms with Crippen LogP contribution in [0.4, 0.5) is 0 Å². The molecule has 1 saturated heterocycles. The molecule has 1 heterocycles. The first-order chi connectivity index (χ1) is 13.1. The van der Waals surface area contributed by atoms with Gasteiger partial charge in [-0.1, -0.05) is 18.2 Å². The molecule has 27 heavy (non-hydrogen) atoms. The van der Waals surface area contributed by atoms with Crippen molar-refractivity contribution in [2.24, 2.45) is 11.8 Å². The Bertz CT molecular complexity index is 851. The minimum atomic E-state index is 0.213. The van der Waals surface area contributed by atoms with Crippen LogP contribution in [0, 0.1) is 11.8 Å². The number of rotatable bonds is 5. The first-order valence-corrected chi connectivity index (χ1v) is 9.70. The molecule has 144 valence electrons. The molecule has 2 aliphatic rings. The molecule has 0 aromatic heterocycles. The Labute approximate surface area is 160 Å². The van der Waals surface area contributed by atoms with Gasteiger partial charge in [0.05, 0.1) is 14.2 Å². The summed E-state index contributed by atoms with van der Waals surface area (Å²) in [5.41, 5.74) is 1.25. The highest BCUT2D eigenvalue weighted by atomic mass is 16.5. The predicted molar refractivity (Wildman–Crippen MR) is 106 cm³/mol. The van der Waals surface area contributed by atoms with Crippen molar-refractivity contribution in [1.82, 2.24) is 10.2 Å². The summed E-state index contributed by atoms with van der Waals surface area (Å²) >= 11 is 0. The third kappa shape index (κ3) is 3.36. The second-order valence-electron chi connectivity index (χ2n) is 7.88. The Morgan fingerprint density at radius 2 is 1.85 bits per heavy atom. The van der Waals surface area contributed by atoms with Crippen LogP contribution in [-0.2, 0) is 11.3 Å². The lowest BCUT2D eigenvalue weighted by Crippen LogP contribution is -2.38. The number of nitrogens with one attached hydrogen (secondary N) is 1. The fourth-order valence-corrected chi connectivity index (χ4v) is 4.89. The Balaban J connectivity index is 1.59. The van der Waals surface area contributed by atoms with Gasteiger partial charge >= 0.3 is 0 Å². The third-order valence-electron chi connectivity index (χ3n) is 6.36. The lowest BCUT2D eigenvalue weighted by molar-refractivity contribution is -0.124. The molecule has 1 amide bonds. The van der Waals surface area contributed by atoms with Gasteiger partial charge in [0.15, 0.2) is 0 Å². The minimum absolute atomic E-state index is 0.213. The summed E-state index contributed by atoms with van der Waals surface area (Å²) in [6.45, 7) is 1.69. The van der Waals surface area contributed by atoms with Gasteiger partial charge < -0.3 is 14.8 Å². The zero-order chi connectivity index (χ0) is 19.0. The van der Waals surface area contributed by atoms with Gasteiger partial charge in [-0.3, -0.25) is 9.69 Å². The van der Waals surface area contributed by atoms with Crippen molar-refractivity contribution >= 4 is 16.7 Å². The van der Waals surface area contributed by atoms with Gasteiger partial charge in [-0.25, -0.2) is 0 Å². The molecule has 4 rings (SSSR count). The SMILES string of the molecule is COc1ccc(CN(C)[C@H]2C[C@H]3CNC(=O)C[C@H]3C2)c2c(OC)cccc12. The molecule has 0 unspecified atom stereocenters. The Kier molecular flexibility index (Phi) is 4.96. The molecule has 1 aliphatic heterocycles. The van der Waals surface area contributed by atoms with Crippen LogP contribution in [0.2, 0.25) is 0 Å². The monoisotopic (exact) mass is 368 g/mol. The van der Waals surface area contributed by atoms with Crippen molar-refractivity contribution in [1.29, 1.82) is 0 Å². The number of ether oxygens (including phenoxy) is 2. The molecule has 0 spiro atoms. The Morgan fingerprint density at radius 3 is 2.63 bits per heavy atom. The number of methoxy groups -OCH3 is 2. The van der Waals surface area contributed by atoms with Crippen molar-refractivity contribution in [3.8, 4) is 11.5 Å². The van der Waals surface area contributed by atoms with Crippen molar-refractivity contribution in [2.45, 2.75) is 31.8 Å². The minimum Gasteiger partial charge on any atom is -0.496 e. The van der Waals surface area contributed by atoms with Crippen molar-refractivity contribution in [3.05, 3.63) is 35.9 Å². The van der Waals surface area contributed by atoms with E-state index in [-0.39, 0.29) is 5.91 Å². The molecule has 2 fully saturated rings. The van der Waals surface area contributed by atoms with Crippen molar-refractivity contribution in [3.63, 3.8) is 0 Å². The standard InChI is InChI=1S/C22H28N2O3/c1-24(17-9-15-11-21(25)23-12-16(15)10-17)13-14-7-8-19(26-2)18-5-4-6-20(27-3)22(14)18/h4-8,15-17H,9-13H2,1-3H3,(H,23,25)/t15-,16+,17-/m1/s1. The molecule has 5 heteroatoms. The van der Waals surface area contributed by atoms with Gasteiger partial charge in [0, 0.05) is 36.3 Å². The average Bonchev–Trinajstić information content (AvgIpc) is 3.11. The number of carbonyl (C=O) groups is 1. The second-order valence-corrected chi connectivity index (χ2v) is 7.88. The largest absolute Gasteiger partial charge is 0.496 e. The first-order valence-electron chi connectivity index (χ1n) is 9.70. The summed E-state index contributed by atoms with van der Waals surface area (Å²) in [4.78, 5) is 14.1. The van der Waals surface area contributed by atoms with Crippen LogP contribution in [0.1, 0.15) is 24.8 Å². The van der Waals surface area contributed by atoms with Crippen LogP contribution >= 0.6 is 0 Å². The van der Waals surface area contributed by atoms with E-state index < -0.39 is 0 Å². The van der Waals surface area contributed by atoms with Crippen LogP contribution in [0.5, 0.6) is 11.5 Å². The van der Waals surface area contributed by atoms with Gasteiger partial charge in [0.1, 0.15) is 11.5 Å². The van der Waals surface area contributed by atoms with Crippen LogP contribution in [0.3, 0.4) is 0 Å². The zero-order valence-electron chi connectivity index (χ0n) is 16.3. The molecule has 1 aliphatic carbocycles. The molecule has 1 N–H and O–H groups in total. The van der Waals surface area contributed by atoms with Gasteiger partial charge in [0.2, 0.25) is 5.91 Å². The number of nitrogens with zero attached hydrogens (tertiary/aromatic N) is 1. The molecule has 2 aromatic carbocycles. The highest BCUT2D eigenvalue weighted by molar-refractivity contribution is 5.95. The summed E-state index contributed by atoms with van der Waals surface area (Å²) in [7, 11) is 5.62. The summed E-state index contributed by atoms with van der Waals surface area (Å²) in [5.74, 6) is 3.12. The number of hydrogen-bond donors (Lipinski definition) is 1. The number of benzene rings is 2. The predicted octanol–water partition coefficient (Wildman–Crippen LogP) is 3.20. The highest BCUT2D eigenvalue weighted by Crippen LogP contribution is 2.40. The fourth-order valence-electron chi connectivity index (χ4n) is 4.89. The molecule has 3 atom stereocenters. The Morgan fingerprint density at radius 1 is 1.07 bits per heavy atom. The normalized spacial score (nSPS) is 24.7. The second kappa shape index (κ2) is 7.39. The van der Waals surface area contributed by atoms with E-state index in [9.17, 15) is 4.79 Å². The van der Waals surface area contributed by atoms with Crippen LogP contribution in [0.25, 0.3) is 10.8 Å². The third-order valence-corrected chi connectivity index (χ3v) is 6.36. The molecule has 2 aromatic rings.